The van der Waals surface area contributed by atoms with Crippen molar-refractivity contribution >= 4 is 34.7 Å². The lowest BCUT2D eigenvalue weighted by Gasteiger charge is -2.13. The van der Waals surface area contributed by atoms with Gasteiger partial charge in [-0.3, -0.25) is 9.59 Å². The number of esters is 1. The molecule has 0 fully saturated rings. The van der Waals surface area contributed by atoms with E-state index in [0.29, 0.717) is 16.8 Å². The molecule has 1 heterocycles. The van der Waals surface area contributed by atoms with Crippen LogP contribution >= 0.6 is 11.3 Å². The molecular formula is C18H19NO4S. The summed E-state index contributed by atoms with van der Waals surface area (Å²) in [7, 11) is 0. The minimum absolute atomic E-state index is 0.0448. The number of aryl methyl sites for hydroxylation is 2. The zero-order valence-electron chi connectivity index (χ0n) is 14.0. The van der Waals surface area contributed by atoms with Gasteiger partial charge < -0.3 is 10.1 Å². The summed E-state index contributed by atoms with van der Waals surface area (Å²) in [5.41, 5.74) is 1.59. The molecule has 5 nitrogen and oxygen atoms in total. The van der Waals surface area contributed by atoms with Gasteiger partial charge in [0.2, 0.25) is 0 Å². The van der Waals surface area contributed by atoms with Crippen molar-refractivity contribution in [3.05, 3.63) is 51.2 Å². The topological polar surface area (TPSA) is 72.5 Å². The number of benzene rings is 1. The van der Waals surface area contributed by atoms with Crippen LogP contribution < -0.4 is 5.32 Å². The average Bonchev–Trinajstić information content (AvgIpc) is 2.86. The molecule has 1 atom stereocenters. The molecular weight excluding hydrogens is 326 g/mol. The van der Waals surface area contributed by atoms with Gasteiger partial charge in [0.25, 0.3) is 5.91 Å². The third-order valence-corrected chi connectivity index (χ3v) is 4.44. The van der Waals surface area contributed by atoms with Gasteiger partial charge in [-0.2, -0.15) is 0 Å². The lowest BCUT2D eigenvalue weighted by molar-refractivity contribution is -0.123. The number of hydrogen-bond donors (Lipinski definition) is 1. The molecule has 0 unspecified atom stereocenters. The summed E-state index contributed by atoms with van der Waals surface area (Å²) in [6.07, 6.45) is -0.926. The first-order valence-electron chi connectivity index (χ1n) is 7.48. The predicted molar refractivity (Wildman–Crippen MR) is 93.7 cm³/mol. The van der Waals surface area contributed by atoms with Crippen LogP contribution in [-0.2, 0) is 9.53 Å². The fourth-order valence-corrected chi connectivity index (χ4v) is 3.06. The number of amides is 1. The predicted octanol–water partition coefficient (Wildman–Crippen LogP) is 3.75. The number of nitrogens with one attached hydrogen (secondary N) is 1. The van der Waals surface area contributed by atoms with Crippen LogP contribution in [0.15, 0.2) is 30.3 Å². The molecule has 1 aromatic heterocycles. The lowest BCUT2D eigenvalue weighted by atomic mass is 10.1. The second-order valence-corrected chi connectivity index (χ2v) is 6.96. The van der Waals surface area contributed by atoms with Gasteiger partial charge in [0.15, 0.2) is 11.9 Å². The second-order valence-electron chi connectivity index (χ2n) is 5.50. The highest BCUT2D eigenvalue weighted by molar-refractivity contribution is 7.12. The number of ether oxygens (including phenoxy) is 1. The molecule has 0 spiro atoms. The standard InChI is InChI=1S/C18H19NO4S/c1-10-9-16(13(4)24-10)18(22)23-12(3)17(21)19-15-7-5-14(6-8-15)11(2)20/h5-9,12H,1-4H3,(H,19,21)/t12-/m0/s1. The van der Waals surface area contributed by atoms with Gasteiger partial charge in [0.1, 0.15) is 0 Å². The quantitative estimate of drug-likeness (QED) is 0.662. The summed E-state index contributed by atoms with van der Waals surface area (Å²) in [5.74, 6) is -0.980. The first-order valence-corrected chi connectivity index (χ1v) is 8.29. The van der Waals surface area contributed by atoms with Gasteiger partial charge in [-0.15, -0.1) is 11.3 Å². The summed E-state index contributed by atoms with van der Waals surface area (Å²) in [5, 5.41) is 2.66. The van der Waals surface area contributed by atoms with E-state index in [1.165, 1.54) is 25.2 Å². The molecule has 0 aliphatic rings. The highest BCUT2D eigenvalue weighted by Gasteiger charge is 2.21. The molecule has 0 saturated heterocycles. The number of thiophene rings is 1. The van der Waals surface area contributed by atoms with Crippen LogP contribution in [-0.4, -0.2) is 23.8 Å². The Balaban J connectivity index is 1.98. The monoisotopic (exact) mass is 345 g/mol. The fraction of sp³-hybridized carbons (Fsp3) is 0.278. The molecule has 1 amide bonds. The number of carbonyl (C=O) groups excluding carboxylic acids is 3. The zero-order valence-corrected chi connectivity index (χ0v) is 14.8. The lowest BCUT2D eigenvalue weighted by Crippen LogP contribution is -2.30. The van der Waals surface area contributed by atoms with Gasteiger partial charge in [-0.1, -0.05) is 0 Å². The molecule has 126 valence electrons. The smallest absolute Gasteiger partial charge is 0.340 e. The highest BCUT2D eigenvalue weighted by Crippen LogP contribution is 2.22. The van der Waals surface area contributed by atoms with E-state index >= 15 is 0 Å². The van der Waals surface area contributed by atoms with Crippen molar-refractivity contribution in [1.82, 2.24) is 0 Å². The fourth-order valence-electron chi connectivity index (χ4n) is 2.14. The summed E-state index contributed by atoms with van der Waals surface area (Å²) < 4.78 is 5.23. The van der Waals surface area contributed by atoms with Crippen LogP contribution in [0.25, 0.3) is 0 Å². The average molecular weight is 345 g/mol. The van der Waals surface area contributed by atoms with E-state index in [1.807, 2.05) is 13.8 Å². The third kappa shape index (κ3) is 4.29. The molecule has 6 heteroatoms. The van der Waals surface area contributed by atoms with E-state index < -0.39 is 18.0 Å². The molecule has 0 aliphatic carbocycles. The molecule has 0 radical (unpaired) electrons. The van der Waals surface area contributed by atoms with Crippen LogP contribution in [0.5, 0.6) is 0 Å². The largest absolute Gasteiger partial charge is 0.449 e. The van der Waals surface area contributed by atoms with E-state index in [-0.39, 0.29) is 5.78 Å². The van der Waals surface area contributed by atoms with Crippen molar-refractivity contribution in [3.63, 3.8) is 0 Å². The van der Waals surface area contributed by atoms with Gasteiger partial charge in [0, 0.05) is 21.0 Å². The molecule has 1 N–H and O–H groups in total. The molecule has 2 rings (SSSR count). The summed E-state index contributed by atoms with van der Waals surface area (Å²) in [4.78, 5) is 37.4. The maximum absolute atomic E-state index is 12.1. The minimum Gasteiger partial charge on any atom is -0.449 e. The van der Waals surface area contributed by atoms with Crippen LogP contribution in [0, 0.1) is 13.8 Å². The van der Waals surface area contributed by atoms with Crippen molar-refractivity contribution < 1.29 is 19.1 Å². The van der Waals surface area contributed by atoms with Gasteiger partial charge in [-0.25, -0.2) is 4.79 Å². The second kappa shape index (κ2) is 7.40. The van der Waals surface area contributed by atoms with Gasteiger partial charge >= 0.3 is 5.97 Å². The maximum atomic E-state index is 12.1. The molecule has 1 aromatic carbocycles. The summed E-state index contributed by atoms with van der Waals surface area (Å²) >= 11 is 1.51. The molecule has 0 bridgehead atoms. The first kappa shape index (κ1) is 17.9. The third-order valence-electron chi connectivity index (χ3n) is 3.47. The van der Waals surface area contributed by atoms with Crippen LogP contribution in [0.3, 0.4) is 0 Å². The molecule has 2 aromatic rings. The van der Waals surface area contributed by atoms with Crippen molar-refractivity contribution in [1.29, 1.82) is 0 Å². The van der Waals surface area contributed by atoms with E-state index in [9.17, 15) is 14.4 Å². The molecule has 0 saturated carbocycles. The number of anilines is 1. The Bertz CT molecular complexity index is 777. The Morgan fingerprint density at radius 1 is 1.12 bits per heavy atom. The van der Waals surface area contributed by atoms with E-state index in [1.54, 1.807) is 30.3 Å². The number of rotatable bonds is 5. The van der Waals surface area contributed by atoms with Crippen molar-refractivity contribution in [2.24, 2.45) is 0 Å². The van der Waals surface area contributed by atoms with E-state index in [0.717, 1.165) is 9.75 Å². The number of ketones is 1. The minimum atomic E-state index is -0.926. The summed E-state index contributed by atoms with van der Waals surface area (Å²) in [6.45, 7) is 6.75. The molecule has 24 heavy (non-hydrogen) atoms. The first-order chi connectivity index (χ1) is 11.3. The number of Topliss-reactive ketones (excluding diaryl/α,β-unsaturated/α-hetero) is 1. The van der Waals surface area contributed by atoms with E-state index in [4.69, 9.17) is 4.74 Å². The Labute approximate surface area is 144 Å². The van der Waals surface area contributed by atoms with Crippen molar-refractivity contribution in [2.75, 3.05) is 5.32 Å². The Morgan fingerprint density at radius 3 is 2.25 bits per heavy atom. The van der Waals surface area contributed by atoms with Crippen LogP contribution in [0.4, 0.5) is 5.69 Å². The van der Waals surface area contributed by atoms with Crippen molar-refractivity contribution in [2.45, 2.75) is 33.8 Å². The summed E-state index contributed by atoms with van der Waals surface area (Å²) in [6, 6.07) is 8.29. The Hall–Kier alpha value is -2.47. The van der Waals surface area contributed by atoms with E-state index in [2.05, 4.69) is 5.32 Å². The van der Waals surface area contributed by atoms with Crippen molar-refractivity contribution in [3.8, 4) is 0 Å². The maximum Gasteiger partial charge on any atom is 0.340 e. The van der Waals surface area contributed by atoms with Crippen LogP contribution in [0.2, 0.25) is 0 Å². The normalized spacial score (nSPS) is 11.7. The van der Waals surface area contributed by atoms with Gasteiger partial charge in [-0.05, 0) is 58.0 Å². The molecule has 0 aliphatic heterocycles. The highest BCUT2D eigenvalue weighted by atomic mass is 32.1. The van der Waals surface area contributed by atoms with Crippen LogP contribution in [0.1, 0.15) is 44.3 Å². The Kier molecular flexibility index (Phi) is 5.51. The SMILES string of the molecule is CC(=O)c1ccc(NC(=O)[C@H](C)OC(=O)c2cc(C)sc2C)cc1. The van der Waals surface area contributed by atoms with Gasteiger partial charge in [0.05, 0.1) is 5.56 Å². The number of carbonyl (C=O) groups is 3. The number of hydrogen-bond acceptors (Lipinski definition) is 5. The zero-order chi connectivity index (χ0) is 17.9. The Morgan fingerprint density at radius 2 is 1.75 bits per heavy atom.